The van der Waals surface area contributed by atoms with E-state index in [9.17, 15) is 5.11 Å². The highest BCUT2D eigenvalue weighted by Crippen LogP contribution is 2.36. The van der Waals surface area contributed by atoms with Crippen molar-refractivity contribution in [2.45, 2.75) is 65.7 Å². The van der Waals surface area contributed by atoms with Crippen LogP contribution in [0.15, 0.2) is 36.4 Å². The van der Waals surface area contributed by atoms with Crippen molar-refractivity contribution in [1.82, 2.24) is 0 Å². The van der Waals surface area contributed by atoms with Crippen LogP contribution in [-0.4, -0.2) is 5.11 Å². The van der Waals surface area contributed by atoms with E-state index >= 15 is 0 Å². The molecule has 0 bridgehead atoms. The number of phenols is 1. The van der Waals surface area contributed by atoms with Gasteiger partial charge in [-0.25, -0.2) is 0 Å². The second-order valence-electron chi connectivity index (χ2n) is 6.74. The van der Waals surface area contributed by atoms with Gasteiger partial charge in [0.2, 0.25) is 0 Å². The van der Waals surface area contributed by atoms with Crippen LogP contribution in [0.4, 0.5) is 0 Å². The summed E-state index contributed by atoms with van der Waals surface area (Å²) in [6.45, 7) is 8.86. The van der Waals surface area contributed by atoms with Gasteiger partial charge >= 0.3 is 0 Å². The number of aryl methyl sites for hydroxylation is 2. The predicted octanol–water partition coefficient (Wildman–Crippen LogP) is 6.48. The molecule has 2 rings (SSSR count). The third kappa shape index (κ3) is 4.16. The highest BCUT2D eigenvalue weighted by molar-refractivity contribution is 5.75. The van der Waals surface area contributed by atoms with Gasteiger partial charge in [0, 0.05) is 5.56 Å². The first-order valence-corrected chi connectivity index (χ1v) is 9.02. The van der Waals surface area contributed by atoms with Crippen LogP contribution in [0.25, 0.3) is 11.1 Å². The summed E-state index contributed by atoms with van der Waals surface area (Å²) in [5.41, 5.74) is 5.96. The molecule has 0 aliphatic rings. The van der Waals surface area contributed by atoms with E-state index in [1.54, 1.807) is 0 Å². The van der Waals surface area contributed by atoms with Crippen LogP contribution >= 0.6 is 0 Å². The Labute approximate surface area is 141 Å². The zero-order chi connectivity index (χ0) is 16.8. The third-order valence-corrected chi connectivity index (χ3v) is 4.52. The van der Waals surface area contributed by atoms with Crippen molar-refractivity contribution in [3.63, 3.8) is 0 Å². The van der Waals surface area contributed by atoms with E-state index in [4.69, 9.17) is 0 Å². The Hall–Kier alpha value is -1.76. The minimum atomic E-state index is 0.468. The molecule has 2 aromatic carbocycles. The zero-order valence-corrected chi connectivity index (χ0v) is 15.0. The van der Waals surface area contributed by atoms with Crippen molar-refractivity contribution >= 4 is 0 Å². The van der Waals surface area contributed by atoms with Gasteiger partial charge in [-0.15, -0.1) is 0 Å². The van der Waals surface area contributed by atoms with E-state index in [1.807, 2.05) is 6.07 Å². The zero-order valence-electron chi connectivity index (χ0n) is 15.0. The standard InChI is InChI=1S/C22H30O/c1-5-7-10-17-11-8-12-21(22(17)23)20-14-13-18(16(3)4)15-19(20)9-6-2/h8,11-16,23H,5-7,9-10H2,1-4H3. The average Bonchev–Trinajstić information content (AvgIpc) is 2.54. The molecular weight excluding hydrogens is 280 g/mol. The van der Waals surface area contributed by atoms with Crippen molar-refractivity contribution in [3.8, 4) is 16.9 Å². The topological polar surface area (TPSA) is 20.2 Å². The van der Waals surface area contributed by atoms with Crippen LogP contribution in [0.5, 0.6) is 5.75 Å². The molecule has 2 aromatic rings. The fourth-order valence-corrected chi connectivity index (χ4v) is 3.09. The molecule has 0 unspecified atom stereocenters. The van der Waals surface area contributed by atoms with E-state index in [0.717, 1.165) is 43.2 Å². The quantitative estimate of drug-likeness (QED) is 0.620. The number of unbranched alkanes of at least 4 members (excludes halogenated alkanes) is 1. The van der Waals surface area contributed by atoms with E-state index in [1.165, 1.54) is 16.7 Å². The van der Waals surface area contributed by atoms with Crippen LogP contribution in [-0.2, 0) is 12.8 Å². The smallest absolute Gasteiger partial charge is 0.126 e. The van der Waals surface area contributed by atoms with Gasteiger partial charge in [-0.1, -0.05) is 76.9 Å². The van der Waals surface area contributed by atoms with Crippen LogP contribution in [0, 0.1) is 0 Å². The first-order chi connectivity index (χ1) is 11.1. The van der Waals surface area contributed by atoms with E-state index in [0.29, 0.717) is 11.7 Å². The monoisotopic (exact) mass is 310 g/mol. The number of phenolic OH excluding ortho intramolecular Hbond substituents is 1. The summed E-state index contributed by atoms with van der Waals surface area (Å²) in [7, 11) is 0. The largest absolute Gasteiger partial charge is 0.507 e. The van der Waals surface area contributed by atoms with Crippen LogP contribution in [0.3, 0.4) is 0 Å². The van der Waals surface area contributed by atoms with E-state index in [-0.39, 0.29) is 0 Å². The Balaban J connectivity index is 2.48. The molecule has 0 spiro atoms. The molecule has 0 aliphatic carbocycles. The normalized spacial score (nSPS) is 11.2. The van der Waals surface area contributed by atoms with Gasteiger partial charge in [0.1, 0.15) is 5.75 Å². The van der Waals surface area contributed by atoms with Crippen molar-refractivity contribution in [2.24, 2.45) is 0 Å². The lowest BCUT2D eigenvalue weighted by atomic mass is 9.90. The fraction of sp³-hybridized carbons (Fsp3) is 0.455. The summed E-state index contributed by atoms with van der Waals surface area (Å²) in [6.07, 6.45) is 5.38. The lowest BCUT2D eigenvalue weighted by molar-refractivity contribution is 0.469. The molecular formula is C22H30O. The first kappa shape index (κ1) is 17.6. The van der Waals surface area contributed by atoms with E-state index < -0.39 is 0 Å². The molecule has 0 heterocycles. The summed E-state index contributed by atoms with van der Waals surface area (Å²) in [5, 5.41) is 10.7. The maximum atomic E-state index is 10.7. The third-order valence-electron chi connectivity index (χ3n) is 4.52. The molecule has 0 atom stereocenters. The summed E-state index contributed by atoms with van der Waals surface area (Å²) in [4.78, 5) is 0. The van der Waals surface area contributed by atoms with Gasteiger partial charge in [0.15, 0.2) is 0 Å². The SMILES string of the molecule is CCCCc1cccc(-c2ccc(C(C)C)cc2CCC)c1O. The van der Waals surface area contributed by atoms with Gasteiger partial charge in [-0.2, -0.15) is 0 Å². The Morgan fingerprint density at radius 2 is 1.65 bits per heavy atom. The lowest BCUT2D eigenvalue weighted by Gasteiger charge is -2.16. The minimum Gasteiger partial charge on any atom is -0.507 e. The van der Waals surface area contributed by atoms with Crippen molar-refractivity contribution in [1.29, 1.82) is 0 Å². The van der Waals surface area contributed by atoms with Crippen LogP contribution in [0.2, 0.25) is 0 Å². The predicted molar refractivity (Wildman–Crippen MR) is 100 cm³/mol. The number of benzene rings is 2. The average molecular weight is 310 g/mol. The maximum absolute atomic E-state index is 10.7. The number of aromatic hydroxyl groups is 1. The minimum absolute atomic E-state index is 0.468. The molecule has 0 saturated heterocycles. The second kappa shape index (κ2) is 8.19. The Bertz CT molecular complexity index is 640. The first-order valence-electron chi connectivity index (χ1n) is 9.02. The molecule has 1 nitrogen and oxygen atoms in total. The molecule has 0 aliphatic heterocycles. The van der Waals surface area contributed by atoms with Gasteiger partial charge in [-0.05, 0) is 47.4 Å². The maximum Gasteiger partial charge on any atom is 0.126 e. The summed E-state index contributed by atoms with van der Waals surface area (Å²) >= 11 is 0. The van der Waals surface area contributed by atoms with Gasteiger partial charge in [0.25, 0.3) is 0 Å². The Kier molecular flexibility index (Phi) is 6.27. The van der Waals surface area contributed by atoms with Crippen molar-refractivity contribution in [3.05, 3.63) is 53.1 Å². The van der Waals surface area contributed by atoms with Crippen molar-refractivity contribution < 1.29 is 5.11 Å². The molecule has 0 radical (unpaired) electrons. The molecule has 23 heavy (non-hydrogen) atoms. The lowest BCUT2D eigenvalue weighted by Crippen LogP contribution is -1.96. The van der Waals surface area contributed by atoms with Gasteiger partial charge < -0.3 is 5.11 Å². The number of para-hydroxylation sites is 1. The summed E-state index contributed by atoms with van der Waals surface area (Å²) < 4.78 is 0. The van der Waals surface area contributed by atoms with Crippen molar-refractivity contribution in [2.75, 3.05) is 0 Å². The highest BCUT2D eigenvalue weighted by Gasteiger charge is 2.13. The van der Waals surface area contributed by atoms with Crippen LogP contribution < -0.4 is 0 Å². The molecule has 0 fully saturated rings. The van der Waals surface area contributed by atoms with Gasteiger partial charge in [0.05, 0.1) is 0 Å². The molecule has 0 amide bonds. The summed E-state index contributed by atoms with van der Waals surface area (Å²) in [5.74, 6) is 1.000. The van der Waals surface area contributed by atoms with Gasteiger partial charge in [-0.3, -0.25) is 0 Å². The molecule has 1 N–H and O–H groups in total. The number of rotatable bonds is 7. The molecule has 0 saturated carbocycles. The number of hydrogen-bond acceptors (Lipinski definition) is 1. The Morgan fingerprint density at radius 3 is 2.30 bits per heavy atom. The molecule has 0 aromatic heterocycles. The van der Waals surface area contributed by atoms with E-state index in [2.05, 4.69) is 58.0 Å². The Morgan fingerprint density at radius 1 is 0.870 bits per heavy atom. The summed E-state index contributed by atoms with van der Waals surface area (Å²) in [6, 6.07) is 12.9. The van der Waals surface area contributed by atoms with Crippen LogP contribution in [0.1, 0.15) is 69.6 Å². The molecule has 1 heteroatoms. The second-order valence-corrected chi connectivity index (χ2v) is 6.74. The molecule has 124 valence electrons. The number of hydrogen-bond donors (Lipinski definition) is 1. The highest BCUT2D eigenvalue weighted by atomic mass is 16.3. The fourth-order valence-electron chi connectivity index (χ4n) is 3.09.